The van der Waals surface area contributed by atoms with E-state index in [1.54, 1.807) is 42.6 Å². The van der Waals surface area contributed by atoms with Gasteiger partial charge in [-0.1, -0.05) is 18.2 Å². The van der Waals surface area contributed by atoms with Gasteiger partial charge in [-0.3, -0.25) is 4.79 Å². The van der Waals surface area contributed by atoms with Gasteiger partial charge in [-0.25, -0.2) is 8.42 Å². The van der Waals surface area contributed by atoms with E-state index in [1.165, 1.54) is 12.1 Å². The summed E-state index contributed by atoms with van der Waals surface area (Å²) in [5, 5.41) is 9.32. The van der Waals surface area contributed by atoms with Crippen molar-refractivity contribution >= 4 is 26.8 Å². The van der Waals surface area contributed by atoms with Crippen LogP contribution in [0.5, 0.6) is 0 Å². The number of aromatic nitrogens is 1. The molecule has 7 nitrogen and oxygen atoms in total. The second-order valence-corrected chi connectivity index (χ2v) is 7.07. The molecular weight excluding hydrogens is 340 g/mol. The molecule has 1 amide bonds. The first-order valence-electron chi connectivity index (χ1n) is 7.31. The number of nitrogens with two attached hydrogens (primary N) is 1. The van der Waals surface area contributed by atoms with Crippen molar-refractivity contribution in [1.82, 2.24) is 9.71 Å². The molecule has 0 aliphatic heterocycles. The third-order valence-electron chi connectivity index (χ3n) is 3.79. The minimum Gasteiger partial charge on any atom is -0.366 e. The Kier molecular flexibility index (Phi) is 4.27. The van der Waals surface area contributed by atoms with Gasteiger partial charge in [0.2, 0.25) is 10.0 Å². The maximum atomic E-state index is 12.2. The molecule has 0 unspecified atom stereocenters. The van der Waals surface area contributed by atoms with Crippen LogP contribution in [0.4, 0.5) is 0 Å². The lowest BCUT2D eigenvalue weighted by Gasteiger charge is -2.09. The molecule has 0 radical (unpaired) electrons. The van der Waals surface area contributed by atoms with Gasteiger partial charge in [0.25, 0.3) is 5.91 Å². The number of amides is 1. The van der Waals surface area contributed by atoms with Crippen molar-refractivity contribution in [2.24, 2.45) is 5.73 Å². The minimum atomic E-state index is -3.77. The minimum absolute atomic E-state index is 0.0583. The topological polar surface area (TPSA) is 129 Å². The van der Waals surface area contributed by atoms with E-state index in [4.69, 9.17) is 11.0 Å². The van der Waals surface area contributed by atoms with Gasteiger partial charge < -0.3 is 10.7 Å². The lowest BCUT2D eigenvalue weighted by Crippen LogP contribution is -2.23. The molecule has 1 heterocycles. The van der Waals surface area contributed by atoms with E-state index in [1.807, 2.05) is 0 Å². The van der Waals surface area contributed by atoms with Crippen LogP contribution in [-0.2, 0) is 10.0 Å². The van der Waals surface area contributed by atoms with Crippen LogP contribution in [0.3, 0.4) is 0 Å². The number of carbonyl (C=O) groups excluding carboxylic acids is 1. The Balaban J connectivity index is 2.13. The molecule has 2 aromatic carbocycles. The maximum Gasteiger partial charge on any atom is 0.250 e. The lowest BCUT2D eigenvalue weighted by molar-refractivity contribution is 0.100. The molecule has 3 rings (SSSR count). The van der Waals surface area contributed by atoms with E-state index in [9.17, 15) is 13.2 Å². The number of H-pyrrole nitrogens is 1. The monoisotopic (exact) mass is 354 g/mol. The molecule has 0 spiro atoms. The molecule has 0 saturated heterocycles. The Morgan fingerprint density at radius 2 is 2.04 bits per heavy atom. The summed E-state index contributed by atoms with van der Waals surface area (Å²) in [7, 11) is -3.77. The number of sulfonamides is 1. The number of rotatable bonds is 5. The zero-order chi connectivity index (χ0) is 18.0. The third kappa shape index (κ3) is 3.10. The highest BCUT2D eigenvalue weighted by molar-refractivity contribution is 7.89. The smallest absolute Gasteiger partial charge is 0.250 e. The van der Waals surface area contributed by atoms with Crippen LogP contribution >= 0.6 is 0 Å². The summed E-state index contributed by atoms with van der Waals surface area (Å²) >= 11 is 0. The van der Waals surface area contributed by atoms with E-state index in [2.05, 4.69) is 9.71 Å². The standard InChI is InChI=1S/C17H14N4O3S/c18-7-9-21-25(23,24)12-3-1-2-11(10-12)13-4-5-15(17(19)22)16-14(13)6-8-20-16/h1-6,8,10,20-21H,9H2,(H2,19,22). The molecule has 1 aromatic heterocycles. The van der Waals surface area contributed by atoms with E-state index in [0.29, 0.717) is 16.6 Å². The predicted octanol–water partition coefficient (Wildman–Crippen LogP) is 1.74. The number of fused-ring (bicyclic) bond motifs is 1. The second kappa shape index (κ2) is 6.39. The lowest BCUT2D eigenvalue weighted by atomic mass is 9.99. The highest BCUT2D eigenvalue weighted by atomic mass is 32.2. The molecule has 0 aliphatic carbocycles. The van der Waals surface area contributed by atoms with Gasteiger partial charge in [0.15, 0.2) is 0 Å². The van der Waals surface area contributed by atoms with Crippen LogP contribution in [0.2, 0.25) is 0 Å². The number of nitrogens with zero attached hydrogens (tertiary/aromatic N) is 1. The van der Waals surface area contributed by atoms with Crippen LogP contribution in [0, 0.1) is 11.3 Å². The number of nitrogens with one attached hydrogen (secondary N) is 2. The van der Waals surface area contributed by atoms with Gasteiger partial charge in [-0.05, 0) is 35.4 Å². The van der Waals surface area contributed by atoms with Gasteiger partial charge in [-0.15, -0.1) is 0 Å². The van der Waals surface area contributed by atoms with Crippen LogP contribution in [0.25, 0.3) is 22.0 Å². The van der Waals surface area contributed by atoms with Gasteiger partial charge in [-0.2, -0.15) is 9.98 Å². The average molecular weight is 354 g/mol. The maximum absolute atomic E-state index is 12.2. The Hall–Kier alpha value is -3.15. The first-order valence-corrected chi connectivity index (χ1v) is 8.79. The van der Waals surface area contributed by atoms with E-state index >= 15 is 0 Å². The summed E-state index contributed by atoms with van der Waals surface area (Å²) in [5.74, 6) is -0.545. The third-order valence-corrected chi connectivity index (χ3v) is 5.18. The largest absolute Gasteiger partial charge is 0.366 e. The fourth-order valence-corrected chi connectivity index (χ4v) is 3.62. The Morgan fingerprint density at radius 3 is 2.76 bits per heavy atom. The molecular formula is C17H14N4O3S. The van der Waals surface area contributed by atoms with Gasteiger partial charge in [0.05, 0.1) is 28.6 Å². The van der Waals surface area contributed by atoms with Crippen molar-refractivity contribution in [1.29, 1.82) is 5.26 Å². The van der Waals surface area contributed by atoms with Crippen molar-refractivity contribution in [3.05, 3.63) is 54.2 Å². The van der Waals surface area contributed by atoms with Crippen LogP contribution in [0.15, 0.2) is 53.6 Å². The summed E-state index contributed by atoms with van der Waals surface area (Å²) < 4.78 is 26.6. The van der Waals surface area contributed by atoms with Crippen molar-refractivity contribution in [2.45, 2.75) is 4.90 Å². The zero-order valence-corrected chi connectivity index (χ0v) is 13.8. The molecule has 0 atom stereocenters. The summed E-state index contributed by atoms with van der Waals surface area (Å²) in [6.07, 6.45) is 1.69. The normalized spacial score (nSPS) is 11.3. The molecule has 0 aliphatic rings. The summed E-state index contributed by atoms with van der Waals surface area (Å²) in [6, 6.07) is 13.2. The summed E-state index contributed by atoms with van der Waals surface area (Å²) in [4.78, 5) is 14.6. The quantitative estimate of drug-likeness (QED) is 0.603. The Morgan fingerprint density at radius 1 is 1.24 bits per heavy atom. The number of primary amides is 1. The van der Waals surface area contributed by atoms with Crippen molar-refractivity contribution in [3.63, 3.8) is 0 Å². The molecule has 25 heavy (non-hydrogen) atoms. The fraction of sp³-hybridized carbons (Fsp3) is 0.0588. The summed E-state index contributed by atoms with van der Waals surface area (Å²) in [6.45, 7) is -0.304. The molecule has 4 N–H and O–H groups in total. The first-order chi connectivity index (χ1) is 11.9. The SMILES string of the molecule is N#CCNS(=O)(=O)c1cccc(-c2ccc(C(N)=O)c3[nH]ccc23)c1. The van der Waals surface area contributed by atoms with Crippen LogP contribution in [-0.4, -0.2) is 25.9 Å². The van der Waals surface area contributed by atoms with Crippen LogP contribution < -0.4 is 10.5 Å². The van der Waals surface area contributed by atoms with E-state index in [-0.39, 0.29) is 11.4 Å². The van der Waals surface area contributed by atoms with Gasteiger partial charge in [0.1, 0.15) is 0 Å². The molecule has 8 heteroatoms. The Labute approximate surface area is 144 Å². The fourth-order valence-electron chi connectivity index (χ4n) is 2.65. The number of aromatic amines is 1. The number of hydrogen-bond acceptors (Lipinski definition) is 4. The number of benzene rings is 2. The van der Waals surface area contributed by atoms with Crippen LogP contribution in [0.1, 0.15) is 10.4 Å². The van der Waals surface area contributed by atoms with Crippen molar-refractivity contribution in [2.75, 3.05) is 6.54 Å². The van der Waals surface area contributed by atoms with Gasteiger partial charge >= 0.3 is 0 Å². The van der Waals surface area contributed by atoms with E-state index in [0.717, 1.165) is 10.9 Å². The highest BCUT2D eigenvalue weighted by Crippen LogP contribution is 2.31. The number of nitriles is 1. The second-order valence-electron chi connectivity index (χ2n) is 5.30. The van der Waals surface area contributed by atoms with Crippen molar-refractivity contribution < 1.29 is 13.2 Å². The molecule has 0 fully saturated rings. The number of hydrogen-bond donors (Lipinski definition) is 3. The molecule has 0 saturated carbocycles. The zero-order valence-electron chi connectivity index (χ0n) is 13.0. The number of carbonyl (C=O) groups is 1. The van der Waals surface area contributed by atoms with Crippen molar-refractivity contribution in [3.8, 4) is 17.2 Å². The first kappa shape index (κ1) is 16.7. The molecule has 0 bridgehead atoms. The Bertz CT molecular complexity index is 1110. The van der Waals surface area contributed by atoms with E-state index < -0.39 is 15.9 Å². The summed E-state index contributed by atoms with van der Waals surface area (Å²) in [5.41, 5.74) is 7.77. The predicted molar refractivity (Wildman–Crippen MR) is 93.1 cm³/mol. The van der Waals surface area contributed by atoms with Gasteiger partial charge in [0, 0.05) is 11.6 Å². The highest BCUT2D eigenvalue weighted by Gasteiger charge is 2.16. The average Bonchev–Trinajstić information content (AvgIpc) is 3.08. The molecule has 3 aromatic rings. The molecule has 126 valence electrons.